The van der Waals surface area contributed by atoms with Crippen LogP contribution in [0.1, 0.15) is 93.4 Å². The molecule has 3 fully saturated rings. The Bertz CT molecular complexity index is 1680. The molecule has 0 N–H and O–H groups in total. The zero-order chi connectivity index (χ0) is 32.1. The van der Waals surface area contributed by atoms with E-state index >= 15 is 0 Å². The highest BCUT2D eigenvalue weighted by Gasteiger charge is 2.75. The highest BCUT2D eigenvalue weighted by atomic mass is 16.5. The lowest BCUT2D eigenvalue weighted by molar-refractivity contribution is -0.204. The molecule has 1 aromatic heterocycles. The van der Waals surface area contributed by atoms with Crippen molar-refractivity contribution in [3.8, 4) is 5.69 Å². The van der Waals surface area contributed by atoms with Crippen molar-refractivity contribution in [3.63, 3.8) is 0 Å². The topological polar surface area (TPSA) is 75.2 Å². The number of hydrogen-bond donors (Lipinski definition) is 0. The second kappa shape index (κ2) is 10.2. The standard InChI is InChI=1S/C38H51N3O4/c1-24(2)25(3)13-14-26(4)30-15-16-31-35(30,6)19-18-32-36(7)20-17-29(45-27(5)42)23-37(36)21-22-38(31,32)41-34(44)39(33(43)40(37)41)28-11-9-8-10-12-28/h8-14,21-22,24-26,29-32H,15-20,23H2,1-7H3/b14-13+/t25-,26+,29-,30+,31+,32-,35+,36-,37+,38-/m0/s1. The van der Waals surface area contributed by atoms with Gasteiger partial charge in [0.1, 0.15) is 6.10 Å². The number of allylic oxidation sites excluding steroid dienone is 4. The van der Waals surface area contributed by atoms with Crippen LogP contribution in [0.2, 0.25) is 0 Å². The summed E-state index contributed by atoms with van der Waals surface area (Å²) in [6.45, 7) is 15.6. The van der Waals surface area contributed by atoms with Gasteiger partial charge < -0.3 is 4.74 Å². The molecule has 8 rings (SSSR count). The molecule has 0 radical (unpaired) electrons. The SMILES string of the molecule is CC(=O)O[C@H]1CC[C@@]2(C)[C@@H]3CC[C@]4(C)[C@@H]([C@H](C)/C=C/[C@H](C)C(C)C)CC[C@H]4[C@@]34C=C[C@]2(C1)n1c(=O)n(-c2ccccc2)c(=O)n14. The normalized spacial score (nSPS) is 39.3. The maximum absolute atomic E-state index is 14.8. The average Bonchev–Trinajstić information content (AvgIpc) is 3.50. The molecule has 2 aliphatic heterocycles. The smallest absolute Gasteiger partial charge is 0.352 e. The van der Waals surface area contributed by atoms with Gasteiger partial charge in [0, 0.05) is 18.8 Å². The van der Waals surface area contributed by atoms with Crippen LogP contribution in [0.4, 0.5) is 0 Å². The van der Waals surface area contributed by atoms with Gasteiger partial charge in [-0.1, -0.05) is 84.0 Å². The largest absolute Gasteiger partial charge is 0.462 e. The minimum absolute atomic E-state index is 0.0312. The molecule has 4 aliphatic carbocycles. The monoisotopic (exact) mass is 613 g/mol. The molecule has 242 valence electrons. The Balaban J connectivity index is 1.42. The first-order chi connectivity index (χ1) is 21.3. The number of aromatic nitrogens is 3. The van der Waals surface area contributed by atoms with E-state index in [0.717, 1.165) is 38.5 Å². The van der Waals surface area contributed by atoms with Gasteiger partial charge in [0.2, 0.25) is 0 Å². The van der Waals surface area contributed by atoms with Gasteiger partial charge in [-0.15, -0.1) is 0 Å². The van der Waals surface area contributed by atoms with Crippen LogP contribution in [0.15, 0.2) is 64.2 Å². The van der Waals surface area contributed by atoms with Crippen molar-refractivity contribution < 1.29 is 9.53 Å². The van der Waals surface area contributed by atoms with Crippen molar-refractivity contribution in [3.05, 3.63) is 75.6 Å². The van der Waals surface area contributed by atoms with E-state index in [1.165, 1.54) is 11.5 Å². The Labute approximate surface area is 267 Å². The van der Waals surface area contributed by atoms with Gasteiger partial charge in [-0.25, -0.2) is 23.5 Å². The van der Waals surface area contributed by atoms with E-state index in [2.05, 4.69) is 65.8 Å². The quantitative estimate of drug-likeness (QED) is 0.265. The Morgan fingerprint density at radius 3 is 2.29 bits per heavy atom. The summed E-state index contributed by atoms with van der Waals surface area (Å²) in [6, 6.07) is 9.37. The highest BCUT2D eigenvalue weighted by molar-refractivity contribution is 5.66. The fourth-order valence-electron chi connectivity index (χ4n) is 11.3. The summed E-state index contributed by atoms with van der Waals surface area (Å²) >= 11 is 0. The molecular weight excluding hydrogens is 562 g/mol. The van der Waals surface area contributed by atoms with Crippen LogP contribution in [0.25, 0.3) is 5.69 Å². The molecule has 3 saturated carbocycles. The Morgan fingerprint density at radius 1 is 0.889 bits per heavy atom. The third kappa shape index (κ3) is 3.91. The molecule has 2 aromatic rings. The first-order valence-corrected chi connectivity index (χ1v) is 17.4. The first-order valence-electron chi connectivity index (χ1n) is 17.4. The van der Waals surface area contributed by atoms with Gasteiger partial charge >= 0.3 is 17.3 Å². The van der Waals surface area contributed by atoms with Crippen LogP contribution in [-0.4, -0.2) is 26.0 Å². The maximum Gasteiger partial charge on any atom is 0.352 e. The number of para-hydroxylation sites is 1. The summed E-state index contributed by atoms with van der Waals surface area (Å²) in [6.07, 6.45) is 15.6. The fourth-order valence-corrected chi connectivity index (χ4v) is 11.3. The van der Waals surface area contributed by atoms with Gasteiger partial charge in [-0.3, -0.25) is 4.79 Å². The van der Waals surface area contributed by atoms with Gasteiger partial charge in [-0.2, -0.15) is 0 Å². The van der Waals surface area contributed by atoms with Gasteiger partial charge in [-0.05, 0) is 91.6 Å². The number of carbonyl (C=O) groups is 1. The Morgan fingerprint density at radius 2 is 1.60 bits per heavy atom. The number of carbonyl (C=O) groups excluding carboxylic acids is 1. The van der Waals surface area contributed by atoms with Gasteiger partial charge in [0.05, 0.1) is 16.8 Å². The Kier molecular flexibility index (Phi) is 6.93. The van der Waals surface area contributed by atoms with Crippen molar-refractivity contribution in [2.24, 2.45) is 46.3 Å². The average molecular weight is 614 g/mol. The van der Waals surface area contributed by atoms with Crippen LogP contribution in [0.5, 0.6) is 0 Å². The number of hydrogen-bond acceptors (Lipinski definition) is 4. The third-order valence-corrected chi connectivity index (χ3v) is 13.8. The van der Waals surface area contributed by atoms with Gasteiger partial charge in [0.25, 0.3) is 0 Å². The highest BCUT2D eigenvalue weighted by Crippen LogP contribution is 2.74. The Hall–Kier alpha value is -3.09. The van der Waals surface area contributed by atoms with E-state index in [0.29, 0.717) is 35.8 Å². The summed E-state index contributed by atoms with van der Waals surface area (Å²) in [5.74, 6) is 2.24. The van der Waals surface area contributed by atoms with E-state index in [1.54, 1.807) is 0 Å². The molecule has 0 amide bonds. The van der Waals surface area contributed by atoms with Crippen LogP contribution in [0.3, 0.4) is 0 Å². The van der Waals surface area contributed by atoms with Gasteiger partial charge in [0.15, 0.2) is 0 Å². The van der Waals surface area contributed by atoms with Crippen molar-refractivity contribution >= 4 is 5.97 Å². The third-order valence-electron chi connectivity index (χ3n) is 13.8. The van der Waals surface area contributed by atoms with Crippen LogP contribution in [-0.2, 0) is 20.6 Å². The maximum atomic E-state index is 14.8. The number of fused-ring (bicyclic) bond motifs is 1. The van der Waals surface area contributed by atoms with Crippen LogP contribution >= 0.6 is 0 Å². The zero-order valence-electron chi connectivity index (χ0n) is 28.2. The lowest BCUT2D eigenvalue weighted by atomic mass is 9.40. The fraction of sp³-hybridized carbons (Fsp3) is 0.658. The summed E-state index contributed by atoms with van der Waals surface area (Å²) in [5, 5.41) is 0. The number of nitrogens with zero attached hydrogens (tertiary/aromatic N) is 3. The second-order valence-electron chi connectivity index (χ2n) is 16.1. The van der Waals surface area contributed by atoms with Crippen molar-refractivity contribution in [1.29, 1.82) is 0 Å². The molecule has 45 heavy (non-hydrogen) atoms. The number of ether oxygens (including phenoxy) is 1. The molecule has 2 spiro atoms. The van der Waals surface area contributed by atoms with E-state index in [-0.39, 0.29) is 46.1 Å². The van der Waals surface area contributed by atoms with Crippen LogP contribution in [0, 0.1) is 46.3 Å². The summed E-state index contributed by atoms with van der Waals surface area (Å²) in [4.78, 5) is 41.7. The predicted molar refractivity (Wildman–Crippen MR) is 176 cm³/mol. The first kappa shape index (κ1) is 30.6. The number of rotatable bonds is 6. The predicted octanol–water partition coefficient (Wildman–Crippen LogP) is 6.82. The second-order valence-corrected chi connectivity index (χ2v) is 16.1. The number of esters is 1. The van der Waals surface area contributed by atoms with E-state index in [1.807, 2.05) is 39.7 Å². The summed E-state index contributed by atoms with van der Waals surface area (Å²) in [7, 11) is 0. The zero-order valence-corrected chi connectivity index (χ0v) is 28.2. The van der Waals surface area contributed by atoms with Crippen molar-refractivity contribution in [1.82, 2.24) is 13.9 Å². The molecule has 7 heteroatoms. The van der Waals surface area contributed by atoms with Crippen LogP contribution < -0.4 is 11.4 Å². The molecule has 0 saturated heterocycles. The molecule has 0 unspecified atom stereocenters. The summed E-state index contributed by atoms with van der Waals surface area (Å²) < 4.78 is 11.0. The minimum Gasteiger partial charge on any atom is -0.462 e. The molecule has 2 bridgehead atoms. The minimum atomic E-state index is -0.747. The van der Waals surface area contributed by atoms with Crippen molar-refractivity contribution in [2.45, 2.75) is 111 Å². The lowest BCUT2D eigenvalue weighted by Gasteiger charge is -2.71. The summed E-state index contributed by atoms with van der Waals surface area (Å²) in [5.41, 5.74) is -1.49. The number of benzene rings is 1. The van der Waals surface area contributed by atoms with E-state index in [9.17, 15) is 14.4 Å². The molecule has 7 nitrogen and oxygen atoms in total. The molecule has 6 aliphatic rings. The molecular formula is C38H51N3O4. The molecule has 1 aromatic carbocycles. The lowest BCUT2D eigenvalue weighted by Crippen LogP contribution is -2.76. The molecule has 3 heterocycles. The van der Waals surface area contributed by atoms with E-state index in [4.69, 9.17) is 4.74 Å². The van der Waals surface area contributed by atoms with Crippen molar-refractivity contribution in [2.75, 3.05) is 0 Å². The van der Waals surface area contributed by atoms with E-state index < -0.39 is 11.1 Å². The molecule has 10 atom stereocenters.